The van der Waals surface area contributed by atoms with Crippen molar-refractivity contribution in [1.82, 2.24) is 9.78 Å². The fraction of sp³-hybridized carbons (Fsp3) is 0.500. The topological polar surface area (TPSA) is 107 Å². The Balaban J connectivity index is 2.64. The molecular weight excluding hydrogens is 176 g/mol. The first-order valence-electron chi connectivity index (χ1n) is 3.68. The normalized spacial score (nSPS) is 12.8. The SMILES string of the molecule is NCC(O)Cn1cc([N+](=O)[O-])cn1. The Hall–Kier alpha value is -1.47. The zero-order valence-corrected chi connectivity index (χ0v) is 6.83. The molecule has 1 unspecified atom stereocenters. The number of aliphatic hydroxyl groups excluding tert-OH is 1. The van der Waals surface area contributed by atoms with Crippen molar-refractivity contribution < 1.29 is 10.0 Å². The lowest BCUT2D eigenvalue weighted by Crippen LogP contribution is -2.25. The molecule has 13 heavy (non-hydrogen) atoms. The monoisotopic (exact) mass is 186 g/mol. The summed E-state index contributed by atoms with van der Waals surface area (Å²) in [4.78, 5) is 9.69. The van der Waals surface area contributed by atoms with Crippen LogP contribution in [0.3, 0.4) is 0 Å². The van der Waals surface area contributed by atoms with Crippen molar-refractivity contribution in [3.05, 3.63) is 22.5 Å². The smallest absolute Gasteiger partial charge is 0.306 e. The first-order valence-corrected chi connectivity index (χ1v) is 3.68. The van der Waals surface area contributed by atoms with Gasteiger partial charge in [-0.25, -0.2) is 0 Å². The van der Waals surface area contributed by atoms with Gasteiger partial charge in [-0.3, -0.25) is 14.8 Å². The number of aromatic nitrogens is 2. The number of rotatable bonds is 4. The van der Waals surface area contributed by atoms with E-state index in [1.807, 2.05) is 0 Å². The second-order valence-corrected chi connectivity index (χ2v) is 2.57. The van der Waals surface area contributed by atoms with E-state index in [4.69, 9.17) is 10.8 Å². The summed E-state index contributed by atoms with van der Waals surface area (Å²) in [6.07, 6.45) is 1.65. The summed E-state index contributed by atoms with van der Waals surface area (Å²) >= 11 is 0. The van der Waals surface area contributed by atoms with Crippen LogP contribution in [0.1, 0.15) is 0 Å². The van der Waals surface area contributed by atoms with Crippen LogP contribution in [0.15, 0.2) is 12.4 Å². The summed E-state index contributed by atoms with van der Waals surface area (Å²) in [5, 5.41) is 23.0. The van der Waals surface area contributed by atoms with Crippen LogP contribution >= 0.6 is 0 Å². The third-order valence-electron chi connectivity index (χ3n) is 1.50. The van der Waals surface area contributed by atoms with E-state index in [9.17, 15) is 10.1 Å². The molecule has 1 aromatic rings. The third-order valence-corrected chi connectivity index (χ3v) is 1.50. The van der Waals surface area contributed by atoms with Gasteiger partial charge in [0, 0.05) is 6.54 Å². The first-order chi connectivity index (χ1) is 6.13. The van der Waals surface area contributed by atoms with Crippen LogP contribution in [-0.2, 0) is 6.54 Å². The Morgan fingerprint density at radius 1 is 1.85 bits per heavy atom. The molecule has 0 fully saturated rings. The van der Waals surface area contributed by atoms with Gasteiger partial charge in [-0.2, -0.15) is 5.10 Å². The first kappa shape index (κ1) is 9.62. The van der Waals surface area contributed by atoms with Crippen LogP contribution < -0.4 is 5.73 Å². The minimum absolute atomic E-state index is 0.0933. The van der Waals surface area contributed by atoms with Gasteiger partial charge in [-0.15, -0.1) is 0 Å². The number of hydrogen-bond donors (Lipinski definition) is 2. The van der Waals surface area contributed by atoms with Gasteiger partial charge < -0.3 is 10.8 Å². The van der Waals surface area contributed by atoms with Gasteiger partial charge in [0.15, 0.2) is 0 Å². The molecule has 72 valence electrons. The Morgan fingerprint density at radius 2 is 2.54 bits per heavy atom. The van der Waals surface area contributed by atoms with Crippen LogP contribution in [0.25, 0.3) is 0 Å². The van der Waals surface area contributed by atoms with Crippen LogP contribution in [-0.4, -0.2) is 32.5 Å². The van der Waals surface area contributed by atoms with E-state index in [0.717, 1.165) is 6.20 Å². The van der Waals surface area contributed by atoms with Crippen molar-refractivity contribution in [2.24, 2.45) is 5.73 Å². The number of hydrogen-bond acceptors (Lipinski definition) is 5. The molecule has 0 aliphatic rings. The van der Waals surface area contributed by atoms with Gasteiger partial charge in [0.2, 0.25) is 0 Å². The molecule has 3 N–H and O–H groups in total. The molecule has 1 heterocycles. The van der Waals surface area contributed by atoms with E-state index >= 15 is 0 Å². The summed E-state index contributed by atoms with van der Waals surface area (Å²) in [6, 6.07) is 0. The maximum absolute atomic E-state index is 10.2. The van der Waals surface area contributed by atoms with E-state index in [2.05, 4.69) is 5.10 Å². The minimum atomic E-state index is -0.723. The van der Waals surface area contributed by atoms with Gasteiger partial charge >= 0.3 is 5.69 Å². The molecule has 7 heteroatoms. The Kier molecular flexibility index (Phi) is 2.93. The molecule has 0 bridgehead atoms. The van der Waals surface area contributed by atoms with E-state index < -0.39 is 11.0 Å². The zero-order valence-electron chi connectivity index (χ0n) is 6.83. The molecule has 1 rings (SSSR count). The predicted molar refractivity (Wildman–Crippen MR) is 43.9 cm³/mol. The molecule has 0 saturated carbocycles. The maximum Gasteiger partial charge on any atom is 0.306 e. The lowest BCUT2D eigenvalue weighted by atomic mass is 10.4. The number of aliphatic hydroxyl groups is 1. The molecule has 1 atom stereocenters. The van der Waals surface area contributed by atoms with Gasteiger partial charge in [0.05, 0.1) is 17.6 Å². The average Bonchev–Trinajstić information content (AvgIpc) is 2.52. The number of nitro groups is 1. The Labute approximate surface area is 73.9 Å². The highest BCUT2D eigenvalue weighted by atomic mass is 16.6. The van der Waals surface area contributed by atoms with Gasteiger partial charge in [-0.05, 0) is 0 Å². The van der Waals surface area contributed by atoms with Crippen LogP contribution in [0.5, 0.6) is 0 Å². The molecule has 0 aliphatic carbocycles. The highest BCUT2D eigenvalue weighted by Crippen LogP contribution is 2.07. The standard InChI is InChI=1S/C6H10N4O3/c7-1-6(11)4-9-3-5(2-8-9)10(12)13/h2-3,6,11H,1,4,7H2. The van der Waals surface area contributed by atoms with E-state index in [1.54, 1.807) is 0 Å². The maximum atomic E-state index is 10.2. The van der Waals surface area contributed by atoms with Crippen molar-refractivity contribution in [3.63, 3.8) is 0 Å². The fourth-order valence-corrected chi connectivity index (χ4v) is 0.837. The predicted octanol–water partition coefficient (Wildman–Crippen LogP) is -0.889. The average molecular weight is 186 g/mol. The molecule has 1 aromatic heterocycles. The van der Waals surface area contributed by atoms with E-state index in [1.165, 1.54) is 10.9 Å². The van der Waals surface area contributed by atoms with Gasteiger partial charge in [0.1, 0.15) is 12.4 Å². The molecule has 0 spiro atoms. The highest BCUT2D eigenvalue weighted by Gasteiger charge is 2.10. The summed E-state index contributed by atoms with van der Waals surface area (Å²) in [7, 11) is 0. The summed E-state index contributed by atoms with van der Waals surface area (Å²) in [5.41, 5.74) is 5.07. The molecule has 0 amide bonds. The van der Waals surface area contributed by atoms with Crippen molar-refractivity contribution in [1.29, 1.82) is 0 Å². The van der Waals surface area contributed by atoms with Crippen LogP contribution in [0.4, 0.5) is 5.69 Å². The molecule has 0 saturated heterocycles. The van der Waals surface area contributed by atoms with Crippen LogP contribution in [0, 0.1) is 10.1 Å². The third kappa shape index (κ3) is 2.49. The number of nitrogens with two attached hydrogens (primary N) is 1. The summed E-state index contributed by atoms with van der Waals surface area (Å²) < 4.78 is 1.29. The van der Waals surface area contributed by atoms with Gasteiger partial charge in [-0.1, -0.05) is 0 Å². The van der Waals surface area contributed by atoms with Crippen molar-refractivity contribution in [2.45, 2.75) is 12.6 Å². The molecular formula is C6H10N4O3. The van der Waals surface area contributed by atoms with E-state index in [-0.39, 0.29) is 18.8 Å². The zero-order chi connectivity index (χ0) is 9.84. The van der Waals surface area contributed by atoms with Gasteiger partial charge in [0.25, 0.3) is 0 Å². The lowest BCUT2D eigenvalue weighted by molar-refractivity contribution is -0.385. The quantitative estimate of drug-likeness (QED) is 0.468. The molecule has 0 radical (unpaired) electrons. The van der Waals surface area contributed by atoms with Crippen molar-refractivity contribution >= 4 is 5.69 Å². The Bertz CT molecular complexity index is 298. The minimum Gasteiger partial charge on any atom is -0.390 e. The summed E-state index contributed by atoms with van der Waals surface area (Å²) in [6.45, 7) is 0.276. The lowest BCUT2D eigenvalue weighted by Gasteiger charge is -2.05. The van der Waals surface area contributed by atoms with Crippen LogP contribution in [0.2, 0.25) is 0 Å². The van der Waals surface area contributed by atoms with Crippen molar-refractivity contribution in [3.8, 4) is 0 Å². The van der Waals surface area contributed by atoms with E-state index in [0.29, 0.717) is 0 Å². The highest BCUT2D eigenvalue weighted by molar-refractivity contribution is 5.20. The second kappa shape index (κ2) is 3.97. The second-order valence-electron chi connectivity index (χ2n) is 2.57. The summed E-state index contributed by atoms with van der Waals surface area (Å²) in [5.74, 6) is 0. The number of nitrogens with zero attached hydrogens (tertiary/aromatic N) is 3. The fourth-order valence-electron chi connectivity index (χ4n) is 0.837. The largest absolute Gasteiger partial charge is 0.390 e. The molecule has 7 nitrogen and oxygen atoms in total. The molecule has 0 aromatic carbocycles. The molecule has 0 aliphatic heterocycles. The Morgan fingerprint density at radius 3 is 3.00 bits per heavy atom. The van der Waals surface area contributed by atoms with Crippen molar-refractivity contribution in [2.75, 3.05) is 6.54 Å².